The summed E-state index contributed by atoms with van der Waals surface area (Å²) < 4.78 is 38.5. The summed E-state index contributed by atoms with van der Waals surface area (Å²) in [6.07, 6.45) is -4.72. The van der Waals surface area contributed by atoms with Crippen LogP contribution in [0.15, 0.2) is 48.5 Å². The monoisotopic (exact) mass is 364 g/mol. The number of rotatable bonds is 3. The van der Waals surface area contributed by atoms with Crippen molar-refractivity contribution in [2.24, 2.45) is 0 Å². The second-order valence-corrected chi connectivity index (χ2v) is 6.41. The van der Waals surface area contributed by atoms with Crippen LogP contribution < -0.4 is 10.6 Å². The van der Waals surface area contributed by atoms with Crippen LogP contribution in [0.2, 0.25) is 0 Å². The highest BCUT2D eigenvalue weighted by Gasteiger charge is 2.33. The number of nitrogens with one attached hydrogen (secondary N) is 2. The number of carbonyl (C=O) groups excluding carboxylic acids is 1. The zero-order chi connectivity index (χ0) is 18.9. The number of halogens is 3. The molecule has 0 bridgehead atoms. The summed E-state index contributed by atoms with van der Waals surface area (Å²) in [7, 11) is 0. The second-order valence-electron chi connectivity index (χ2n) is 6.41. The third-order valence-corrected chi connectivity index (χ3v) is 4.55. The van der Waals surface area contributed by atoms with E-state index in [0.29, 0.717) is 12.0 Å². The van der Waals surface area contributed by atoms with E-state index in [1.807, 2.05) is 24.3 Å². The van der Waals surface area contributed by atoms with E-state index < -0.39 is 36.0 Å². The van der Waals surface area contributed by atoms with Crippen molar-refractivity contribution in [2.75, 3.05) is 0 Å². The van der Waals surface area contributed by atoms with Crippen molar-refractivity contribution in [1.29, 1.82) is 0 Å². The molecule has 3 N–H and O–H groups in total. The minimum Gasteiger partial charge on any atom is -0.390 e. The number of amides is 2. The molecular weight excluding hydrogens is 345 g/mol. The van der Waals surface area contributed by atoms with Gasteiger partial charge in [-0.2, -0.15) is 13.2 Å². The van der Waals surface area contributed by atoms with Crippen molar-refractivity contribution in [2.45, 2.75) is 37.7 Å². The van der Waals surface area contributed by atoms with E-state index in [9.17, 15) is 23.1 Å². The Balaban J connectivity index is 1.67. The van der Waals surface area contributed by atoms with Crippen LogP contribution >= 0.6 is 0 Å². The summed E-state index contributed by atoms with van der Waals surface area (Å²) in [5.41, 5.74) is 1.41. The molecule has 0 fully saturated rings. The molecule has 3 rings (SSSR count). The molecule has 1 unspecified atom stereocenters. The van der Waals surface area contributed by atoms with Gasteiger partial charge >= 0.3 is 12.2 Å². The van der Waals surface area contributed by atoms with Crippen LogP contribution in [0, 0.1) is 0 Å². The summed E-state index contributed by atoms with van der Waals surface area (Å²) in [5, 5.41) is 15.5. The van der Waals surface area contributed by atoms with Gasteiger partial charge in [-0.25, -0.2) is 4.79 Å². The molecule has 4 nitrogen and oxygen atoms in total. The van der Waals surface area contributed by atoms with Gasteiger partial charge in [-0.3, -0.25) is 0 Å². The van der Waals surface area contributed by atoms with Crippen molar-refractivity contribution in [3.05, 3.63) is 70.8 Å². The van der Waals surface area contributed by atoms with Crippen molar-refractivity contribution >= 4 is 6.03 Å². The molecule has 138 valence electrons. The van der Waals surface area contributed by atoms with E-state index in [4.69, 9.17) is 0 Å². The van der Waals surface area contributed by atoms with E-state index in [1.165, 1.54) is 12.1 Å². The first-order valence-corrected chi connectivity index (χ1v) is 8.26. The van der Waals surface area contributed by atoms with Crippen LogP contribution in [0.1, 0.15) is 41.3 Å². The summed E-state index contributed by atoms with van der Waals surface area (Å²) in [6, 6.07) is 10.6. The first kappa shape index (κ1) is 18.3. The molecule has 0 saturated carbocycles. The van der Waals surface area contributed by atoms with Gasteiger partial charge < -0.3 is 15.7 Å². The molecule has 0 heterocycles. The quantitative estimate of drug-likeness (QED) is 0.777. The van der Waals surface area contributed by atoms with Gasteiger partial charge in [0.2, 0.25) is 0 Å². The second kappa shape index (κ2) is 6.99. The van der Waals surface area contributed by atoms with Crippen molar-refractivity contribution in [3.8, 4) is 0 Å². The Morgan fingerprint density at radius 1 is 1.19 bits per heavy atom. The minimum atomic E-state index is -4.43. The van der Waals surface area contributed by atoms with Crippen molar-refractivity contribution in [1.82, 2.24) is 10.6 Å². The van der Waals surface area contributed by atoms with Crippen LogP contribution in [-0.4, -0.2) is 17.2 Å². The van der Waals surface area contributed by atoms with Crippen molar-refractivity contribution in [3.63, 3.8) is 0 Å². The number of hydrogen-bond acceptors (Lipinski definition) is 2. The highest BCUT2D eigenvalue weighted by atomic mass is 19.4. The molecule has 0 aliphatic heterocycles. The van der Waals surface area contributed by atoms with Gasteiger partial charge in [0, 0.05) is 6.42 Å². The maximum absolute atomic E-state index is 12.8. The summed E-state index contributed by atoms with van der Waals surface area (Å²) in [6.45, 7) is 1.61. The van der Waals surface area contributed by atoms with Gasteiger partial charge in [-0.1, -0.05) is 36.4 Å². The van der Waals surface area contributed by atoms with Crippen LogP contribution in [0.5, 0.6) is 0 Å². The van der Waals surface area contributed by atoms with E-state index in [0.717, 1.165) is 23.3 Å². The maximum atomic E-state index is 12.8. The first-order chi connectivity index (χ1) is 12.3. The number of benzene rings is 2. The zero-order valence-electron chi connectivity index (χ0n) is 14.0. The van der Waals surface area contributed by atoms with E-state index in [2.05, 4.69) is 10.6 Å². The number of hydrogen-bond donors (Lipinski definition) is 3. The molecular formula is C19H19F3N2O2. The number of carbonyl (C=O) groups is 1. The average Bonchev–Trinajstić information content (AvgIpc) is 2.90. The number of aliphatic hydroxyl groups excluding tert-OH is 1. The fourth-order valence-electron chi connectivity index (χ4n) is 3.20. The molecule has 1 aliphatic rings. The molecule has 2 aromatic carbocycles. The fraction of sp³-hybridized carbons (Fsp3) is 0.316. The Labute approximate surface area is 149 Å². The first-order valence-electron chi connectivity index (χ1n) is 8.26. The molecule has 7 heteroatoms. The molecule has 0 aromatic heterocycles. The van der Waals surface area contributed by atoms with Gasteiger partial charge in [-0.05, 0) is 35.7 Å². The van der Waals surface area contributed by atoms with Crippen LogP contribution in [0.25, 0.3) is 0 Å². The smallest absolute Gasteiger partial charge is 0.390 e. The number of aliphatic hydroxyl groups is 1. The van der Waals surface area contributed by atoms with Gasteiger partial charge in [0.1, 0.15) is 0 Å². The molecule has 0 spiro atoms. The standard InChI is InChI=1S/C19H19F3N2O2/c1-11(12-6-4-7-14(9-12)19(20,21)22)23-18(26)24-17-15-8-3-2-5-13(15)10-16(17)25/h2-9,11,16-17,25H,10H2,1H3,(H2,23,24,26)/t11?,16-,17+/m0/s1. The minimum absolute atomic E-state index is 0.349. The molecule has 0 radical (unpaired) electrons. The summed E-state index contributed by atoms with van der Waals surface area (Å²) >= 11 is 0. The number of fused-ring (bicyclic) bond motifs is 1. The largest absolute Gasteiger partial charge is 0.416 e. The predicted octanol–water partition coefficient (Wildman–Crippen LogP) is 3.72. The summed E-state index contributed by atoms with van der Waals surface area (Å²) in [5.74, 6) is 0. The van der Waals surface area contributed by atoms with Gasteiger partial charge in [0.05, 0.1) is 23.8 Å². The Morgan fingerprint density at radius 2 is 1.92 bits per heavy atom. The SMILES string of the molecule is CC(NC(=O)N[C@@H]1c2ccccc2C[C@@H]1O)c1cccc(C(F)(F)F)c1. The Kier molecular flexibility index (Phi) is 4.91. The topological polar surface area (TPSA) is 61.4 Å². The van der Waals surface area contributed by atoms with Crippen molar-refractivity contribution < 1.29 is 23.1 Å². The Bertz CT molecular complexity index is 807. The van der Waals surface area contributed by atoms with E-state index >= 15 is 0 Å². The fourth-order valence-corrected chi connectivity index (χ4v) is 3.20. The Hall–Kier alpha value is -2.54. The lowest BCUT2D eigenvalue weighted by atomic mass is 10.0. The zero-order valence-corrected chi connectivity index (χ0v) is 14.0. The maximum Gasteiger partial charge on any atom is 0.416 e. The third kappa shape index (κ3) is 3.83. The number of urea groups is 1. The lowest BCUT2D eigenvalue weighted by molar-refractivity contribution is -0.137. The number of alkyl halides is 3. The highest BCUT2D eigenvalue weighted by molar-refractivity contribution is 5.75. The lowest BCUT2D eigenvalue weighted by Gasteiger charge is -2.21. The molecule has 2 aromatic rings. The third-order valence-electron chi connectivity index (χ3n) is 4.55. The molecule has 2 amide bonds. The van der Waals surface area contributed by atoms with Crippen LogP contribution in [0.4, 0.5) is 18.0 Å². The van der Waals surface area contributed by atoms with Gasteiger partial charge in [0.25, 0.3) is 0 Å². The van der Waals surface area contributed by atoms with E-state index in [1.54, 1.807) is 6.92 Å². The normalized spacial score (nSPS) is 20.3. The molecule has 1 aliphatic carbocycles. The molecule has 0 saturated heterocycles. The predicted molar refractivity (Wildman–Crippen MR) is 90.4 cm³/mol. The molecule has 26 heavy (non-hydrogen) atoms. The Morgan fingerprint density at radius 3 is 2.65 bits per heavy atom. The summed E-state index contributed by atoms with van der Waals surface area (Å²) in [4.78, 5) is 12.3. The van der Waals surface area contributed by atoms with Gasteiger partial charge in [-0.15, -0.1) is 0 Å². The average molecular weight is 364 g/mol. The van der Waals surface area contributed by atoms with Crippen LogP contribution in [0.3, 0.4) is 0 Å². The lowest BCUT2D eigenvalue weighted by Crippen LogP contribution is -2.41. The highest BCUT2D eigenvalue weighted by Crippen LogP contribution is 2.32. The molecule has 3 atom stereocenters. The van der Waals surface area contributed by atoms with Crippen LogP contribution in [-0.2, 0) is 12.6 Å². The van der Waals surface area contributed by atoms with E-state index in [-0.39, 0.29) is 0 Å². The van der Waals surface area contributed by atoms with Gasteiger partial charge in [0.15, 0.2) is 0 Å².